The second-order valence-corrected chi connectivity index (χ2v) is 8.64. The average molecular weight is 410 g/mol. The zero-order valence-corrected chi connectivity index (χ0v) is 18.4. The largest absolute Gasteiger partial charge is 0.487 e. The van der Waals surface area contributed by atoms with E-state index in [1.807, 2.05) is 19.9 Å². The Labute approximate surface area is 175 Å². The van der Waals surface area contributed by atoms with E-state index in [-0.39, 0.29) is 18.2 Å². The van der Waals surface area contributed by atoms with Crippen molar-refractivity contribution in [2.24, 2.45) is 5.92 Å². The molecule has 3 atom stereocenters. The predicted molar refractivity (Wildman–Crippen MR) is 112 cm³/mol. The molecule has 1 heterocycles. The number of hydrogen-bond donors (Lipinski definition) is 0. The van der Waals surface area contributed by atoms with E-state index in [1.165, 1.54) is 25.7 Å². The van der Waals surface area contributed by atoms with Crippen LogP contribution >= 0.6 is 0 Å². The topological polar surface area (TPSA) is 57.2 Å². The van der Waals surface area contributed by atoms with Gasteiger partial charge in [-0.25, -0.2) is 4.79 Å². The number of carbonyl (C=O) groups excluding carboxylic acids is 1. The van der Waals surface area contributed by atoms with Crippen LogP contribution in [0.5, 0.6) is 0 Å². The van der Waals surface area contributed by atoms with Gasteiger partial charge in [-0.15, -0.1) is 0 Å². The molecule has 0 radical (unpaired) electrons. The molecule has 3 rings (SSSR count). The second-order valence-electron chi connectivity index (χ2n) is 8.64. The Bertz CT molecular complexity index is 543. The third-order valence-electron chi connectivity index (χ3n) is 6.49. The van der Waals surface area contributed by atoms with Gasteiger partial charge >= 0.3 is 5.97 Å². The van der Waals surface area contributed by atoms with Crippen molar-refractivity contribution in [3.8, 4) is 0 Å². The van der Waals surface area contributed by atoms with E-state index >= 15 is 0 Å². The number of allylic oxidation sites excluding steroid dienone is 1. The lowest BCUT2D eigenvalue weighted by atomic mass is 9.87. The lowest BCUT2D eigenvalue weighted by Crippen LogP contribution is -2.55. The fourth-order valence-electron chi connectivity index (χ4n) is 4.99. The molecule has 3 fully saturated rings. The van der Waals surface area contributed by atoms with Gasteiger partial charge in [0.2, 0.25) is 5.76 Å². The van der Waals surface area contributed by atoms with E-state index < -0.39 is 0 Å². The maximum atomic E-state index is 12.0. The normalized spacial score (nSPS) is 33.8. The van der Waals surface area contributed by atoms with Crippen LogP contribution in [0.4, 0.5) is 0 Å². The number of morpholine rings is 1. The Morgan fingerprint density at radius 1 is 1.03 bits per heavy atom. The van der Waals surface area contributed by atoms with Gasteiger partial charge in [-0.2, -0.15) is 0 Å². The molecule has 0 N–H and O–H groups in total. The van der Waals surface area contributed by atoms with Gasteiger partial charge in [0.15, 0.2) is 0 Å². The monoisotopic (exact) mass is 409 g/mol. The van der Waals surface area contributed by atoms with Crippen LogP contribution in [0.25, 0.3) is 0 Å². The molecule has 29 heavy (non-hydrogen) atoms. The van der Waals surface area contributed by atoms with Crippen molar-refractivity contribution in [3.63, 3.8) is 0 Å². The summed E-state index contributed by atoms with van der Waals surface area (Å²) >= 11 is 0. The van der Waals surface area contributed by atoms with Crippen LogP contribution in [0.3, 0.4) is 0 Å². The molecular weight excluding hydrogens is 370 g/mol. The Morgan fingerprint density at radius 2 is 1.76 bits per heavy atom. The van der Waals surface area contributed by atoms with Crippen LogP contribution in [0.15, 0.2) is 11.8 Å². The molecule has 2 aliphatic carbocycles. The number of ether oxygens (including phenoxy) is 4. The number of likely N-dealkylation sites (N-methyl/N-ethyl adjacent to an activating group) is 1. The summed E-state index contributed by atoms with van der Waals surface area (Å²) in [6.07, 6.45) is 11.9. The minimum absolute atomic E-state index is 0.186. The highest BCUT2D eigenvalue weighted by molar-refractivity contribution is 5.86. The van der Waals surface area contributed by atoms with Gasteiger partial charge < -0.3 is 18.9 Å². The quantitative estimate of drug-likeness (QED) is 0.346. The number of fused-ring (bicyclic) bond motifs is 1. The molecule has 6 nitrogen and oxygen atoms in total. The Morgan fingerprint density at radius 3 is 2.48 bits per heavy atom. The molecule has 0 aromatic carbocycles. The van der Waals surface area contributed by atoms with E-state index in [9.17, 15) is 4.79 Å². The summed E-state index contributed by atoms with van der Waals surface area (Å²) in [4.78, 5) is 14.5. The summed E-state index contributed by atoms with van der Waals surface area (Å²) in [5, 5.41) is 0. The molecule has 166 valence electrons. The summed E-state index contributed by atoms with van der Waals surface area (Å²) < 4.78 is 23.2. The predicted octanol–water partition coefficient (Wildman–Crippen LogP) is 3.69. The van der Waals surface area contributed by atoms with Crippen molar-refractivity contribution in [2.45, 2.75) is 89.6 Å². The van der Waals surface area contributed by atoms with Crippen LogP contribution < -0.4 is 0 Å². The van der Waals surface area contributed by atoms with Crippen LogP contribution in [0, 0.1) is 5.92 Å². The summed E-state index contributed by atoms with van der Waals surface area (Å²) in [7, 11) is 2.23. The van der Waals surface area contributed by atoms with Crippen LogP contribution in [0.1, 0.15) is 65.2 Å². The van der Waals surface area contributed by atoms with Crippen LogP contribution in [0.2, 0.25) is 0 Å². The zero-order valence-electron chi connectivity index (χ0n) is 18.4. The molecule has 0 aromatic heterocycles. The van der Waals surface area contributed by atoms with Crippen molar-refractivity contribution in [1.82, 2.24) is 4.90 Å². The van der Waals surface area contributed by atoms with Crippen LogP contribution in [-0.4, -0.2) is 68.6 Å². The zero-order chi connectivity index (χ0) is 20.6. The van der Waals surface area contributed by atoms with Gasteiger partial charge in [0.05, 0.1) is 38.1 Å². The SMILES string of the molecule is CCOC(=O)/C(=C/C1CCC(OCC2CN(C)C3CCCCC3O2)CC1)OCC. The molecule has 1 aliphatic heterocycles. The molecule has 6 heteroatoms. The highest BCUT2D eigenvalue weighted by Gasteiger charge is 2.36. The summed E-state index contributed by atoms with van der Waals surface area (Å²) in [6.45, 7) is 6.19. The molecule has 0 amide bonds. The number of rotatable bonds is 8. The average Bonchev–Trinajstić information content (AvgIpc) is 2.73. The summed E-state index contributed by atoms with van der Waals surface area (Å²) in [6, 6.07) is 0.598. The number of nitrogens with zero attached hydrogens (tertiary/aromatic N) is 1. The van der Waals surface area contributed by atoms with E-state index in [4.69, 9.17) is 18.9 Å². The van der Waals surface area contributed by atoms with Gasteiger partial charge in [-0.05, 0) is 71.4 Å². The first-order valence-corrected chi connectivity index (χ1v) is 11.6. The minimum atomic E-state index is -0.354. The minimum Gasteiger partial charge on any atom is -0.487 e. The maximum Gasteiger partial charge on any atom is 0.373 e. The third-order valence-corrected chi connectivity index (χ3v) is 6.49. The van der Waals surface area contributed by atoms with Gasteiger partial charge in [0, 0.05) is 12.6 Å². The van der Waals surface area contributed by atoms with Gasteiger partial charge in [-0.1, -0.05) is 12.8 Å². The van der Waals surface area contributed by atoms with Crippen LogP contribution in [-0.2, 0) is 23.7 Å². The molecule has 3 unspecified atom stereocenters. The van der Waals surface area contributed by atoms with Crippen molar-refractivity contribution in [2.75, 3.05) is 33.4 Å². The smallest absolute Gasteiger partial charge is 0.373 e. The van der Waals surface area contributed by atoms with Gasteiger partial charge in [0.1, 0.15) is 0 Å². The second kappa shape index (κ2) is 11.3. The lowest BCUT2D eigenvalue weighted by Gasteiger charge is -2.45. The molecule has 0 spiro atoms. The van der Waals surface area contributed by atoms with Gasteiger partial charge in [-0.3, -0.25) is 4.90 Å². The Hall–Kier alpha value is -1.11. The molecular formula is C23H39NO5. The van der Waals surface area contributed by atoms with E-state index in [2.05, 4.69) is 11.9 Å². The molecule has 3 aliphatic rings. The Kier molecular flexibility index (Phi) is 8.82. The number of esters is 1. The first-order chi connectivity index (χ1) is 14.1. The van der Waals surface area contributed by atoms with Gasteiger partial charge in [0.25, 0.3) is 0 Å². The molecule has 2 saturated carbocycles. The highest BCUT2D eigenvalue weighted by Crippen LogP contribution is 2.31. The number of hydrogen-bond acceptors (Lipinski definition) is 6. The van der Waals surface area contributed by atoms with Crippen molar-refractivity contribution in [3.05, 3.63) is 11.8 Å². The first-order valence-electron chi connectivity index (χ1n) is 11.6. The summed E-state index contributed by atoms with van der Waals surface area (Å²) in [5.41, 5.74) is 0. The van der Waals surface area contributed by atoms with Crippen molar-refractivity contribution in [1.29, 1.82) is 0 Å². The van der Waals surface area contributed by atoms with E-state index in [1.54, 1.807) is 0 Å². The molecule has 0 bridgehead atoms. The number of carbonyl (C=O) groups is 1. The fourth-order valence-corrected chi connectivity index (χ4v) is 4.99. The van der Waals surface area contributed by atoms with E-state index in [0.29, 0.717) is 43.6 Å². The molecule has 1 saturated heterocycles. The standard InChI is InChI=1S/C23H39NO5/c1-4-26-22(23(25)27-5-2)14-17-10-12-18(13-11-17)28-16-19-15-24(3)20-8-6-7-9-21(20)29-19/h14,17-21H,4-13,15-16H2,1-3H3/b22-14-. The van der Waals surface area contributed by atoms with Crippen molar-refractivity contribution < 1.29 is 23.7 Å². The first kappa shape index (κ1) is 22.6. The van der Waals surface area contributed by atoms with Crippen molar-refractivity contribution >= 4 is 5.97 Å². The summed E-state index contributed by atoms with van der Waals surface area (Å²) in [5.74, 6) is 0.354. The maximum absolute atomic E-state index is 12.0. The Balaban J connectivity index is 1.41. The highest BCUT2D eigenvalue weighted by atomic mass is 16.6. The molecule has 0 aromatic rings. The van der Waals surface area contributed by atoms with E-state index in [0.717, 1.165) is 32.2 Å². The third kappa shape index (κ3) is 6.43. The fraction of sp³-hybridized carbons (Fsp3) is 0.870. The lowest BCUT2D eigenvalue weighted by molar-refractivity contribution is -0.155.